The number of hydrogen-bond acceptors (Lipinski definition) is 3. The van der Waals surface area contributed by atoms with Crippen LogP contribution >= 0.6 is 0 Å². The van der Waals surface area contributed by atoms with Crippen LogP contribution in [-0.4, -0.2) is 31.6 Å². The number of Topliss-reactive ketones (excluding diaryl/α,β-unsaturated/α-hetero) is 1. The highest BCUT2D eigenvalue weighted by molar-refractivity contribution is 5.80. The molecular formula is C11H21NO2. The average molecular weight is 199 g/mol. The van der Waals surface area contributed by atoms with Crippen LogP contribution in [0, 0.1) is 5.92 Å². The molecular weight excluding hydrogens is 178 g/mol. The van der Waals surface area contributed by atoms with Crippen LogP contribution in [0.2, 0.25) is 0 Å². The summed E-state index contributed by atoms with van der Waals surface area (Å²) in [6.45, 7) is 5.17. The fraction of sp³-hybridized carbons (Fsp3) is 0.909. The molecule has 1 N–H and O–H groups in total. The van der Waals surface area contributed by atoms with Crippen LogP contribution < -0.4 is 5.32 Å². The summed E-state index contributed by atoms with van der Waals surface area (Å²) in [7, 11) is 1.97. The molecule has 1 aliphatic carbocycles. The number of hydrogen-bond donors (Lipinski definition) is 1. The maximum atomic E-state index is 11.3. The van der Waals surface area contributed by atoms with E-state index in [1.54, 1.807) is 0 Å². The third kappa shape index (κ3) is 3.39. The highest BCUT2D eigenvalue weighted by Gasteiger charge is 2.41. The van der Waals surface area contributed by atoms with Gasteiger partial charge in [0.15, 0.2) is 0 Å². The Balaban J connectivity index is 2.02. The van der Waals surface area contributed by atoms with Crippen molar-refractivity contribution in [1.29, 1.82) is 0 Å². The summed E-state index contributed by atoms with van der Waals surface area (Å²) in [6.07, 6.45) is 2.95. The van der Waals surface area contributed by atoms with Gasteiger partial charge in [-0.25, -0.2) is 0 Å². The smallest absolute Gasteiger partial charge is 0.137 e. The average Bonchev–Trinajstić information content (AvgIpc) is 2.93. The number of carbonyl (C=O) groups is 1. The third-order valence-electron chi connectivity index (χ3n) is 2.90. The number of nitrogens with one attached hydrogen (secondary N) is 1. The van der Waals surface area contributed by atoms with Crippen molar-refractivity contribution in [3.05, 3.63) is 0 Å². The van der Waals surface area contributed by atoms with Crippen molar-refractivity contribution in [1.82, 2.24) is 5.32 Å². The fourth-order valence-electron chi connectivity index (χ4n) is 1.35. The zero-order valence-corrected chi connectivity index (χ0v) is 9.43. The number of carbonyl (C=O) groups excluding carboxylic acids is 1. The van der Waals surface area contributed by atoms with Crippen LogP contribution in [-0.2, 0) is 9.53 Å². The monoisotopic (exact) mass is 199 g/mol. The third-order valence-corrected chi connectivity index (χ3v) is 2.90. The van der Waals surface area contributed by atoms with Gasteiger partial charge in [0, 0.05) is 17.9 Å². The van der Waals surface area contributed by atoms with E-state index in [0.29, 0.717) is 18.8 Å². The molecule has 0 spiro atoms. The maximum absolute atomic E-state index is 11.3. The van der Waals surface area contributed by atoms with Crippen molar-refractivity contribution >= 4 is 5.78 Å². The first-order chi connectivity index (χ1) is 6.59. The van der Waals surface area contributed by atoms with Crippen LogP contribution in [0.4, 0.5) is 0 Å². The molecule has 14 heavy (non-hydrogen) atoms. The zero-order chi connectivity index (χ0) is 10.6. The quantitative estimate of drug-likeness (QED) is 0.629. The number of ether oxygens (including phenoxy) is 1. The Kier molecular flexibility index (Phi) is 4.08. The molecule has 0 radical (unpaired) electrons. The molecule has 0 heterocycles. The maximum Gasteiger partial charge on any atom is 0.137 e. The molecule has 0 atom stereocenters. The van der Waals surface area contributed by atoms with Gasteiger partial charge < -0.3 is 10.1 Å². The van der Waals surface area contributed by atoms with E-state index in [1.807, 2.05) is 20.9 Å². The Morgan fingerprint density at radius 1 is 1.50 bits per heavy atom. The second kappa shape index (κ2) is 4.89. The molecule has 82 valence electrons. The summed E-state index contributed by atoms with van der Waals surface area (Å²) in [6, 6.07) is 0. The summed E-state index contributed by atoms with van der Waals surface area (Å²) in [4.78, 5) is 11.3. The van der Waals surface area contributed by atoms with E-state index < -0.39 is 0 Å². The minimum atomic E-state index is 0.137. The normalized spacial score (nSPS) is 18.6. The molecule has 3 nitrogen and oxygen atoms in total. The van der Waals surface area contributed by atoms with Crippen LogP contribution in [0.15, 0.2) is 0 Å². The Hall–Kier alpha value is -0.410. The van der Waals surface area contributed by atoms with Gasteiger partial charge in [-0.3, -0.25) is 4.79 Å². The molecule has 1 aliphatic rings. The summed E-state index contributed by atoms with van der Waals surface area (Å²) < 4.78 is 5.49. The topological polar surface area (TPSA) is 38.3 Å². The lowest BCUT2D eigenvalue weighted by molar-refractivity contribution is -0.123. The van der Waals surface area contributed by atoms with Gasteiger partial charge in [0.1, 0.15) is 5.78 Å². The molecule has 0 amide bonds. The molecule has 0 aromatic rings. The lowest BCUT2D eigenvalue weighted by Crippen LogP contribution is -2.32. The second-order valence-electron chi connectivity index (χ2n) is 4.45. The Morgan fingerprint density at radius 2 is 2.14 bits per heavy atom. The van der Waals surface area contributed by atoms with Crippen LogP contribution in [0.3, 0.4) is 0 Å². The molecule has 1 rings (SSSR count). The van der Waals surface area contributed by atoms with E-state index in [4.69, 9.17) is 4.74 Å². The standard InChI is InChI=1S/C11H21NO2/c1-9(2)10(13)4-7-14-8-11(12-3)5-6-11/h9,12H,4-8H2,1-3H3. The molecule has 0 unspecified atom stereocenters. The van der Waals surface area contributed by atoms with Gasteiger partial charge in [-0.15, -0.1) is 0 Å². The van der Waals surface area contributed by atoms with Gasteiger partial charge in [0.05, 0.1) is 13.2 Å². The number of likely N-dealkylation sites (N-methyl/N-ethyl adjacent to an activating group) is 1. The largest absolute Gasteiger partial charge is 0.379 e. The van der Waals surface area contributed by atoms with Crippen molar-refractivity contribution in [2.75, 3.05) is 20.3 Å². The second-order valence-corrected chi connectivity index (χ2v) is 4.45. The van der Waals surface area contributed by atoms with Crippen molar-refractivity contribution in [3.63, 3.8) is 0 Å². The fourth-order valence-corrected chi connectivity index (χ4v) is 1.35. The minimum absolute atomic E-state index is 0.137. The van der Waals surface area contributed by atoms with Crippen molar-refractivity contribution in [2.24, 2.45) is 5.92 Å². The lowest BCUT2D eigenvalue weighted by atomic mass is 10.1. The Labute approximate surface area is 86.2 Å². The number of rotatable bonds is 7. The van der Waals surface area contributed by atoms with Crippen molar-refractivity contribution in [2.45, 2.75) is 38.6 Å². The Morgan fingerprint density at radius 3 is 2.57 bits per heavy atom. The lowest BCUT2D eigenvalue weighted by Gasteiger charge is -2.14. The first kappa shape index (κ1) is 11.7. The van der Waals surface area contributed by atoms with Crippen LogP contribution in [0.5, 0.6) is 0 Å². The molecule has 3 heteroatoms. The predicted octanol–water partition coefficient (Wildman–Crippen LogP) is 1.37. The molecule has 0 bridgehead atoms. The van der Waals surface area contributed by atoms with Crippen LogP contribution in [0.1, 0.15) is 33.1 Å². The molecule has 0 aromatic carbocycles. The van der Waals surface area contributed by atoms with Gasteiger partial charge in [0.25, 0.3) is 0 Å². The summed E-state index contributed by atoms with van der Waals surface area (Å²) in [5, 5.41) is 3.25. The van der Waals surface area contributed by atoms with E-state index in [-0.39, 0.29) is 11.5 Å². The highest BCUT2D eigenvalue weighted by atomic mass is 16.5. The van der Waals surface area contributed by atoms with E-state index >= 15 is 0 Å². The van der Waals surface area contributed by atoms with Gasteiger partial charge in [-0.2, -0.15) is 0 Å². The van der Waals surface area contributed by atoms with E-state index in [1.165, 1.54) is 12.8 Å². The van der Waals surface area contributed by atoms with Gasteiger partial charge in [0.2, 0.25) is 0 Å². The van der Waals surface area contributed by atoms with Crippen molar-refractivity contribution in [3.8, 4) is 0 Å². The van der Waals surface area contributed by atoms with E-state index in [2.05, 4.69) is 5.32 Å². The van der Waals surface area contributed by atoms with E-state index in [9.17, 15) is 4.79 Å². The van der Waals surface area contributed by atoms with Crippen LogP contribution in [0.25, 0.3) is 0 Å². The molecule has 0 aromatic heterocycles. The van der Waals surface area contributed by atoms with E-state index in [0.717, 1.165) is 6.61 Å². The summed E-state index contributed by atoms with van der Waals surface area (Å²) in [5.74, 6) is 0.428. The minimum Gasteiger partial charge on any atom is -0.379 e. The summed E-state index contributed by atoms with van der Waals surface area (Å²) >= 11 is 0. The highest BCUT2D eigenvalue weighted by Crippen LogP contribution is 2.34. The van der Waals surface area contributed by atoms with Gasteiger partial charge in [-0.1, -0.05) is 13.8 Å². The SMILES string of the molecule is CNC1(COCCC(=O)C(C)C)CC1. The molecule has 1 saturated carbocycles. The van der Waals surface area contributed by atoms with Gasteiger partial charge >= 0.3 is 0 Å². The van der Waals surface area contributed by atoms with Crippen molar-refractivity contribution < 1.29 is 9.53 Å². The summed E-state index contributed by atoms with van der Waals surface area (Å²) in [5.41, 5.74) is 0.237. The number of ketones is 1. The predicted molar refractivity (Wildman–Crippen MR) is 56.3 cm³/mol. The Bertz CT molecular complexity index is 197. The first-order valence-corrected chi connectivity index (χ1v) is 5.39. The van der Waals surface area contributed by atoms with Gasteiger partial charge in [-0.05, 0) is 19.9 Å². The first-order valence-electron chi connectivity index (χ1n) is 5.39. The zero-order valence-electron chi connectivity index (χ0n) is 9.43. The molecule has 1 fully saturated rings. The molecule has 0 saturated heterocycles. The molecule has 0 aliphatic heterocycles.